The van der Waals surface area contributed by atoms with Crippen LogP contribution in [0.15, 0.2) is 42.5 Å². The number of nitrogens with zero attached hydrogens (tertiary/aromatic N) is 1. The zero-order valence-corrected chi connectivity index (χ0v) is 17.4. The molecule has 2 aromatic rings. The maximum atomic E-state index is 12.4. The predicted octanol–water partition coefficient (Wildman–Crippen LogP) is 3.47. The van der Waals surface area contributed by atoms with Crippen LogP contribution in [0.3, 0.4) is 0 Å². The van der Waals surface area contributed by atoms with Crippen LogP contribution in [-0.2, 0) is 9.53 Å². The van der Waals surface area contributed by atoms with Crippen molar-refractivity contribution in [3.05, 3.63) is 56.6 Å². The Morgan fingerprint density at radius 1 is 1.04 bits per heavy atom. The lowest BCUT2D eigenvalue weighted by atomic mass is 10.2. The fourth-order valence-corrected chi connectivity index (χ4v) is 3.79. The minimum Gasteiger partial charge on any atom is -0.379 e. The van der Waals surface area contributed by atoms with E-state index in [1.807, 2.05) is 0 Å². The van der Waals surface area contributed by atoms with Crippen molar-refractivity contribution in [2.45, 2.75) is 0 Å². The Hall–Kier alpha value is -1.68. The lowest BCUT2D eigenvalue weighted by molar-refractivity contribution is -0.118. The first-order chi connectivity index (χ1) is 13.0. The molecule has 0 unspecified atom stereocenters. The van der Waals surface area contributed by atoms with Crippen molar-refractivity contribution in [1.29, 1.82) is 0 Å². The summed E-state index contributed by atoms with van der Waals surface area (Å²) >= 11 is 8.00. The fraction of sp³-hybridized carbons (Fsp3) is 0.263. The van der Waals surface area contributed by atoms with E-state index >= 15 is 0 Å². The lowest BCUT2D eigenvalue weighted by Gasteiger charge is -2.25. The number of benzene rings is 2. The smallest absolute Gasteiger partial charge is 0.256 e. The fourth-order valence-electron chi connectivity index (χ4n) is 2.67. The number of carbonyl (C=O) groups excluding carboxylic acids is 2. The van der Waals surface area contributed by atoms with Gasteiger partial charge in [0.15, 0.2) is 0 Å². The SMILES string of the molecule is O=C(CN1CCOCC1)Nc1ccc(NC(=O)c2ccc(Cl)cc2I)cc1. The summed E-state index contributed by atoms with van der Waals surface area (Å²) in [4.78, 5) is 26.6. The molecular weight excluding hydrogens is 481 g/mol. The highest BCUT2D eigenvalue weighted by Gasteiger charge is 2.14. The molecule has 0 bridgehead atoms. The van der Waals surface area contributed by atoms with E-state index in [2.05, 4.69) is 38.1 Å². The van der Waals surface area contributed by atoms with Crippen LogP contribution in [0, 0.1) is 3.57 Å². The summed E-state index contributed by atoms with van der Waals surface area (Å²) < 4.78 is 6.06. The van der Waals surface area contributed by atoms with Crippen molar-refractivity contribution in [1.82, 2.24) is 4.90 Å². The van der Waals surface area contributed by atoms with E-state index in [1.165, 1.54) is 0 Å². The van der Waals surface area contributed by atoms with Gasteiger partial charge in [-0.15, -0.1) is 0 Å². The third kappa shape index (κ3) is 5.90. The zero-order valence-electron chi connectivity index (χ0n) is 14.5. The molecule has 1 heterocycles. The maximum absolute atomic E-state index is 12.4. The van der Waals surface area contributed by atoms with Crippen LogP contribution in [0.1, 0.15) is 10.4 Å². The second kappa shape index (κ2) is 9.50. The third-order valence-electron chi connectivity index (χ3n) is 4.07. The molecule has 2 amide bonds. The van der Waals surface area contributed by atoms with E-state index < -0.39 is 0 Å². The van der Waals surface area contributed by atoms with Gasteiger partial charge in [0.2, 0.25) is 5.91 Å². The first-order valence-corrected chi connectivity index (χ1v) is 9.93. The molecule has 0 radical (unpaired) electrons. The van der Waals surface area contributed by atoms with Crippen molar-refractivity contribution >= 4 is 57.4 Å². The molecule has 0 aliphatic carbocycles. The third-order valence-corrected chi connectivity index (χ3v) is 5.20. The summed E-state index contributed by atoms with van der Waals surface area (Å²) in [6, 6.07) is 12.2. The van der Waals surface area contributed by atoms with Crippen molar-refractivity contribution in [2.75, 3.05) is 43.5 Å². The van der Waals surface area contributed by atoms with Crippen molar-refractivity contribution < 1.29 is 14.3 Å². The standard InChI is InChI=1S/C19H19ClIN3O3/c20-13-1-6-16(17(21)11-13)19(26)23-15-4-2-14(3-5-15)22-18(25)12-24-7-9-27-10-8-24/h1-6,11H,7-10,12H2,(H,22,25)(H,23,26). The number of ether oxygens (including phenoxy) is 1. The number of carbonyl (C=O) groups is 2. The highest BCUT2D eigenvalue weighted by atomic mass is 127. The van der Waals surface area contributed by atoms with Crippen LogP contribution in [0.25, 0.3) is 0 Å². The summed E-state index contributed by atoms with van der Waals surface area (Å²) in [6.45, 7) is 3.20. The van der Waals surface area contributed by atoms with E-state index in [4.69, 9.17) is 16.3 Å². The lowest BCUT2D eigenvalue weighted by Crippen LogP contribution is -2.41. The van der Waals surface area contributed by atoms with Gasteiger partial charge in [0, 0.05) is 33.1 Å². The summed E-state index contributed by atoms with van der Waals surface area (Å²) in [7, 11) is 0. The molecular formula is C19H19ClIN3O3. The number of amides is 2. The summed E-state index contributed by atoms with van der Waals surface area (Å²) in [5, 5.41) is 6.30. The van der Waals surface area contributed by atoms with Gasteiger partial charge in [-0.1, -0.05) is 11.6 Å². The van der Waals surface area contributed by atoms with Gasteiger partial charge >= 0.3 is 0 Å². The van der Waals surface area contributed by atoms with Gasteiger partial charge in [0.05, 0.1) is 25.3 Å². The molecule has 0 saturated carbocycles. The van der Waals surface area contributed by atoms with Crippen LogP contribution in [0.4, 0.5) is 11.4 Å². The largest absolute Gasteiger partial charge is 0.379 e. The molecule has 1 fully saturated rings. The number of halogens is 2. The number of rotatable bonds is 5. The van der Waals surface area contributed by atoms with E-state index in [0.29, 0.717) is 41.7 Å². The monoisotopic (exact) mass is 499 g/mol. The van der Waals surface area contributed by atoms with Crippen LogP contribution in [0.5, 0.6) is 0 Å². The number of hydrogen-bond donors (Lipinski definition) is 2. The normalized spacial score (nSPS) is 14.6. The maximum Gasteiger partial charge on any atom is 0.256 e. The first kappa shape index (κ1) is 20.1. The molecule has 6 nitrogen and oxygen atoms in total. The molecule has 27 heavy (non-hydrogen) atoms. The van der Waals surface area contributed by atoms with Gasteiger partial charge in [0.25, 0.3) is 5.91 Å². The molecule has 1 saturated heterocycles. The highest BCUT2D eigenvalue weighted by Crippen LogP contribution is 2.20. The molecule has 0 spiro atoms. The number of hydrogen-bond acceptors (Lipinski definition) is 4. The summed E-state index contributed by atoms with van der Waals surface area (Å²) in [6.07, 6.45) is 0. The second-order valence-electron chi connectivity index (χ2n) is 6.09. The molecule has 1 aliphatic heterocycles. The summed E-state index contributed by atoms with van der Waals surface area (Å²) in [5.74, 6) is -0.274. The van der Waals surface area contributed by atoms with Gasteiger partial charge in [-0.2, -0.15) is 0 Å². The minimum atomic E-state index is -0.208. The molecule has 1 aliphatic rings. The van der Waals surface area contributed by atoms with E-state index in [0.717, 1.165) is 16.7 Å². The Morgan fingerprint density at radius 3 is 2.30 bits per heavy atom. The van der Waals surface area contributed by atoms with Gasteiger partial charge < -0.3 is 15.4 Å². The van der Waals surface area contributed by atoms with E-state index in [1.54, 1.807) is 42.5 Å². The number of anilines is 2. The van der Waals surface area contributed by atoms with Crippen molar-refractivity contribution in [3.63, 3.8) is 0 Å². The van der Waals surface area contributed by atoms with Gasteiger partial charge in [-0.3, -0.25) is 14.5 Å². The average molecular weight is 500 g/mol. The molecule has 0 aromatic heterocycles. The predicted molar refractivity (Wildman–Crippen MR) is 114 cm³/mol. The highest BCUT2D eigenvalue weighted by molar-refractivity contribution is 14.1. The van der Waals surface area contributed by atoms with Gasteiger partial charge in [0.1, 0.15) is 0 Å². The summed E-state index contributed by atoms with van der Waals surface area (Å²) in [5.41, 5.74) is 1.90. The van der Waals surface area contributed by atoms with Gasteiger partial charge in [-0.25, -0.2) is 0 Å². The first-order valence-electron chi connectivity index (χ1n) is 8.48. The molecule has 0 atom stereocenters. The van der Waals surface area contributed by atoms with Crippen molar-refractivity contribution in [3.8, 4) is 0 Å². The minimum absolute atomic E-state index is 0.0654. The van der Waals surface area contributed by atoms with Crippen LogP contribution in [-0.4, -0.2) is 49.6 Å². The Kier molecular flexibility index (Phi) is 7.06. The van der Waals surface area contributed by atoms with Crippen molar-refractivity contribution in [2.24, 2.45) is 0 Å². The molecule has 142 valence electrons. The quantitative estimate of drug-likeness (QED) is 0.618. The Labute approximate surface area is 176 Å². The van der Waals surface area contributed by atoms with Crippen LogP contribution >= 0.6 is 34.2 Å². The Balaban J connectivity index is 1.55. The van der Waals surface area contributed by atoms with Crippen LogP contribution < -0.4 is 10.6 Å². The topological polar surface area (TPSA) is 70.7 Å². The number of morpholine rings is 1. The molecule has 2 aromatic carbocycles. The zero-order chi connectivity index (χ0) is 19.2. The Bertz CT molecular complexity index is 823. The van der Waals surface area contributed by atoms with E-state index in [9.17, 15) is 9.59 Å². The molecule has 2 N–H and O–H groups in total. The Morgan fingerprint density at radius 2 is 1.67 bits per heavy atom. The number of nitrogens with one attached hydrogen (secondary N) is 2. The average Bonchev–Trinajstić information content (AvgIpc) is 2.64. The van der Waals surface area contributed by atoms with Gasteiger partial charge in [-0.05, 0) is 65.1 Å². The second-order valence-corrected chi connectivity index (χ2v) is 7.69. The van der Waals surface area contributed by atoms with E-state index in [-0.39, 0.29) is 11.8 Å². The molecule has 3 rings (SSSR count). The molecule has 8 heteroatoms. The van der Waals surface area contributed by atoms with Crippen LogP contribution in [0.2, 0.25) is 5.02 Å².